The van der Waals surface area contributed by atoms with Gasteiger partial charge in [0.25, 0.3) is 0 Å². The van der Waals surface area contributed by atoms with Crippen LogP contribution in [0.5, 0.6) is 0 Å². The summed E-state index contributed by atoms with van der Waals surface area (Å²) in [6.45, 7) is 20.8. The Labute approximate surface area is 252 Å². The molecule has 1 aliphatic heterocycles. The molecule has 0 saturated carbocycles. The van der Waals surface area contributed by atoms with Crippen molar-refractivity contribution >= 4 is 30.3 Å². The Balaban J connectivity index is 0.00000431. The topological polar surface area (TPSA) is 118 Å². The first-order chi connectivity index (χ1) is 20.2. The Morgan fingerprint density at radius 3 is 2.40 bits per heavy atom. The number of carbonyl (C=O) groups is 3. The fraction of sp³-hybridized carbons (Fsp3) is 0.645. The first kappa shape index (κ1) is 36.9. The van der Waals surface area contributed by atoms with E-state index >= 15 is 0 Å². The van der Waals surface area contributed by atoms with E-state index in [0.717, 1.165) is 56.0 Å². The third-order valence-electron chi connectivity index (χ3n) is 7.27. The molecule has 1 aromatic rings. The highest BCUT2D eigenvalue weighted by Crippen LogP contribution is 2.25. The van der Waals surface area contributed by atoms with Crippen LogP contribution in [0.25, 0.3) is 0 Å². The highest BCUT2D eigenvalue weighted by Gasteiger charge is 2.22. The van der Waals surface area contributed by atoms with E-state index in [2.05, 4.69) is 54.7 Å². The minimum absolute atomic E-state index is 0.140. The monoisotopic (exact) mass is 590 g/mol. The van der Waals surface area contributed by atoms with Crippen LogP contribution in [0.3, 0.4) is 0 Å². The zero-order valence-corrected chi connectivity index (χ0v) is 26.4. The van der Waals surface area contributed by atoms with Crippen LogP contribution in [0.15, 0.2) is 36.4 Å². The van der Waals surface area contributed by atoms with Crippen molar-refractivity contribution in [3.05, 3.63) is 36.4 Å². The van der Waals surface area contributed by atoms with Gasteiger partial charge in [-0.05, 0) is 52.2 Å². The van der Waals surface area contributed by atoms with E-state index < -0.39 is 0 Å². The lowest BCUT2D eigenvalue weighted by atomic mass is 10.1. The van der Waals surface area contributed by atoms with E-state index in [1.165, 1.54) is 0 Å². The molecule has 42 heavy (non-hydrogen) atoms. The Kier molecular flexibility index (Phi) is 18.2. The van der Waals surface area contributed by atoms with Gasteiger partial charge in [-0.1, -0.05) is 31.2 Å². The highest BCUT2D eigenvalue weighted by atomic mass is 16.6. The average molecular weight is 591 g/mol. The molecule has 1 heterocycles. The maximum absolute atomic E-state index is 12.8. The van der Waals surface area contributed by atoms with Crippen LogP contribution in [0.4, 0.5) is 21.0 Å². The Hall–Kier alpha value is -3.15. The van der Waals surface area contributed by atoms with E-state index in [-0.39, 0.29) is 24.8 Å². The summed E-state index contributed by atoms with van der Waals surface area (Å²) in [5, 5.41) is 15.5. The van der Waals surface area contributed by atoms with Crippen LogP contribution in [0.2, 0.25) is 0 Å². The zero-order valence-electron chi connectivity index (χ0n) is 26.4. The van der Waals surface area contributed by atoms with Crippen molar-refractivity contribution in [2.24, 2.45) is 0 Å². The molecular weight excluding hydrogens is 536 g/mol. The number of nitrogens with zero attached hydrogens (tertiary/aromatic N) is 4. The van der Waals surface area contributed by atoms with Gasteiger partial charge >= 0.3 is 12.1 Å². The third kappa shape index (κ3) is 13.2. The highest BCUT2D eigenvalue weighted by molar-refractivity contribution is 5.95. The van der Waals surface area contributed by atoms with Gasteiger partial charge in [-0.25, -0.2) is 9.59 Å². The van der Waals surface area contributed by atoms with Gasteiger partial charge in [0, 0.05) is 71.5 Å². The molecule has 238 valence electrons. The van der Waals surface area contributed by atoms with Crippen molar-refractivity contribution < 1.29 is 24.2 Å². The summed E-state index contributed by atoms with van der Waals surface area (Å²) in [5.41, 5.74) is 2.82. The number of hydrogen-bond donors (Lipinski definition) is 3. The number of aliphatic hydroxyl groups is 1. The number of hydrogen-bond acceptors (Lipinski definition) is 8. The van der Waals surface area contributed by atoms with Crippen LogP contribution in [0, 0.1) is 0 Å². The molecule has 3 amide bonds. The van der Waals surface area contributed by atoms with Gasteiger partial charge in [-0.3, -0.25) is 14.7 Å². The SMILES string of the molecule is C=C(CCNC(=O)N(C)c1ccccc1NC(C)C)CN(CCCOC(=O)N1CCN(CCO)CC1)C(C)CC.C=O. The molecule has 1 aromatic carbocycles. The normalized spacial score (nSPS) is 14.1. The summed E-state index contributed by atoms with van der Waals surface area (Å²) < 4.78 is 5.54. The number of carbonyl (C=O) groups excluding carboxylic acids is 3. The molecule has 0 aliphatic carbocycles. The zero-order chi connectivity index (χ0) is 31.5. The van der Waals surface area contributed by atoms with Crippen LogP contribution in [0.1, 0.15) is 47.0 Å². The fourth-order valence-electron chi connectivity index (χ4n) is 4.67. The fourth-order valence-corrected chi connectivity index (χ4v) is 4.67. The summed E-state index contributed by atoms with van der Waals surface area (Å²) in [7, 11) is 1.78. The van der Waals surface area contributed by atoms with E-state index in [1.807, 2.05) is 31.1 Å². The lowest BCUT2D eigenvalue weighted by Gasteiger charge is -2.33. The van der Waals surface area contributed by atoms with Gasteiger partial charge in [0.2, 0.25) is 0 Å². The number of ether oxygens (including phenoxy) is 1. The average Bonchev–Trinajstić information content (AvgIpc) is 2.99. The second kappa shape index (κ2) is 20.7. The second-order valence-electron chi connectivity index (χ2n) is 10.9. The van der Waals surface area contributed by atoms with Crippen molar-refractivity contribution in [2.45, 2.75) is 59.0 Å². The molecule has 0 bridgehead atoms. The van der Waals surface area contributed by atoms with E-state index in [9.17, 15) is 9.59 Å². The minimum atomic E-state index is -0.258. The lowest BCUT2D eigenvalue weighted by molar-refractivity contribution is -0.0980. The van der Waals surface area contributed by atoms with Crippen molar-refractivity contribution in [3.63, 3.8) is 0 Å². The van der Waals surface area contributed by atoms with Crippen molar-refractivity contribution in [1.29, 1.82) is 0 Å². The second-order valence-corrected chi connectivity index (χ2v) is 10.9. The number of β-amino-alcohol motifs (C(OH)–C–C–N with tert-alkyl or cyclic N) is 1. The van der Waals surface area contributed by atoms with Crippen molar-refractivity contribution in [3.8, 4) is 0 Å². The quantitative estimate of drug-likeness (QED) is 0.197. The van der Waals surface area contributed by atoms with Crippen LogP contribution in [-0.4, -0.2) is 123 Å². The van der Waals surface area contributed by atoms with Crippen LogP contribution in [-0.2, 0) is 9.53 Å². The van der Waals surface area contributed by atoms with Gasteiger partial charge in [0.05, 0.1) is 24.6 Å². The number of piperazine rings is 1. The van der Waals surface area contributed by atoms with Gasteiger partial charge in [0.1, 0.15) is 6.79 Å². The number of anilines is 2. The predicted molar refractivity (Wildman–Crippen MR) is 170 cm³/mol. The molecule has 0 radical (unpaired) electrons. The molecule has 1 unspecified atom stereocenters. The first-order valence-electron chi connectivity index (χ1n) is 15.0. The Morgan fingerprint density at radius 2 is 1.79 bits per heavy atom. The molecule has 0 aromatic heterocycles. The number of aliphatic hydroxyl groups excluding tert-OH is 1. The van der Waals surface area contributed by atoms with E-state index in [4.69, 9.17) is 14.6 Å². The summed E-state index contributed by atoms with van der Waals surface area (Å²) in [6.07, 6.45) is 2.19. The molecule has 1 saturated heterocycles. The number of para-hydroxylation sites is 2. The third-order valence-corrected chi connectivity index (χ3v) is 7.27. The van der Waals surface area contributed by atoms with Crippen LogP contribution >= 0.6 is 0 Å². The number of benzene rings is 1. The maximum Gasteiger partial charge on any atom is 0.409 e. The molecule has 11 heteroatoms. The Morgan fingerprint density at radius 1 is 1.12 bits per heavy atom. The molecule has 1 atom stereocenters. The molecule has 1 aliphatic rings. The summed E-state index contributed by atoms with van der Waals surface area (Å²) >= 11 is 0. The van der Waals surface area contributed by atoms with Gasteiger partial charge in [0.15, 0.2) is 0 Å². The summed E-state index contributed by atoms with van der Waals surface area (Å²) in [6, 6.07) is 8.28. The standard InChI is InChI=1S/C30H52N6O4.CH2O/c1-7-26(5)36(15-10-22-40-30(39)35-18-16-34(17-19-35)20-21-37)23-25(4)13-14-31-29(38)33(6)28-12-9-8-11-27(28)32-24(2)3;1-2/h8-9,11-12,24,26,32,37H,4,7,10,13-23H2,1-3,5-6H3,(H,31,38);1H2. The molecule has 1 fully saturated rings. The molecule has 2 rings (SSSR count). The van der Waals surface area contributed by atoms with Gasteiger partial charge in [-0.15, -0.1) is 0 Å². The van der Waals surface area contributed by atoms with Crippen molar-refractivity contribution in [1.82, 2.24) is 20.0 Å². The van der Waals surface area contributed by atoms with E-state index in [1.54, 1.807) is 16.8 Å². The van der Waals surface area contributed by atoms with Gasteiger partial charge < -0.3 is 30.2 Å². The lowest BCUT2D eigenvalue weighted by Crippen LogP contribution is -2.49. The minimum Gasteiger partial charge on any atom is -0.449 e. The van der Waals surface area contributed by atoms with Crippen LogP contribution < -0.4 is 15.5 Å². The van der Waals surface area contributed by atoms with E-state index in [0.29, 0.717) is 45.2 Å². The molecule has 11 nitrogen and oxygen atoms in total. The number of amides is 3. The number of nitrogens with one attached hydrogen (secondary N) is 2. The first-order valence-corrected chi connectivity index (χ1v) is 15.0. The predicted octanol–water partition coefficient (Wildman–Crippen LogP) is 3.65. The number of rotatable bonds is 16. The summed E-state index contributed by atoms with van der Waals surface area (Å²) in [4.78, 5) is 41.1. The summed E-state index contributed by atoms with van der Waals surface area (Å²) in [5.74, 6) is 0. The van der Waals surface area contributed by atoms with Gasteiger partial charge in [-0.2, -0.15) is 0 Å². The smallest absolute Gasteiger partial charge is 0.409 e. The van der Waals surface area contributed by atoms with Crippen molar-refractivity contribution in [2.75, 3.05) is 82.8 Å². The molecule has 0 spiro atoms. The molecular formula is C31H54N6O5. The largest absolute Gasteiger partial charge is 0.449 e. The Bertz CT molecular complexity index is 938. The maximum atomic E-state index is 12.8. The molecule has 3 N–H and O–H groups in total. The number of urea groups is 1.